The third-order valence-electron chi connectivity index (χ3n) is 3.43. The molecule has 0 unspecified atom stereocenters. The summed E-state index contributed by atoms with van der Waals surface area (Å²) in [5.74, 6) is 0.934. The molecule has 2 N–H and O–H groups in total. The summed E-state index contributed by atoms with van der Waals surface area (Å²) in [7, 11) is 0. The van der Waals surface area contributed by atoms with Gasteiger partial charge in [0.15, 0.2) is 5.82 Å². The zero-order chi connectivity index (χ0) is 17.1. The third-order valence-corrected chi connectivity index (χ3v) is 4.25. The average molecular weight is 360 g/mol. The molecule has 1 heterocycles. The highest BCUT2D eigenvalue weighted by Crippen LogP contribution is 2.24. The molecule has 0 saturated carbocycles. The van der Waals surface area contributed by atoms with Crippen molar-refractivity contribution < 1.29 is 0 Å². The molecular formula is C17H15Cl2N5. The van der Waals surface area contributed by atoms with Crippen molar-refractivity contribution in [1.29, 1.82) is 0 Å². The number of anilines is 4. The van der Waals surface area contributed by atoms with Crippen molar-refractivity contribution >= 4 is 46.3 Å². The van der Waals surface area contributed by atoms with Crippen LogP contribution in [-0.2, 0) is 0 Å². The highest BCUT2D eigenvalue weighted by Gasteiger charge is 2.05. The van der Waals surface area contributed by atoms with Crippen LogP contribution in [0.15, 0.2) is 42.6 Å². The molecule has 2 aromatic carbocycles. The Kier molecular flexibility index (Phi) is 4.83. The van der Waals surface area contributed by atoms with Crippen LogP contribution < -0.4 is 10.6 Å². The maximum atomic E-state index is 6.13. The first-order valence-corrected chi connectivity index (χ1v) is 8.03. The lowest BCUT2D eigenvalue weighted by Crippen LogP contribution is -2.02. The molecule has 24 heavy (non-hydrogen) atoms. The predicted octanol–water partition coefficient (Wildman–Crippen LogP) is 5.28. The number of nitrogens with one attached hydrogen (secondary N) is 2. The third kappa shape index (κ3) is 3.93. The monoisotopic (exact) mass is 359 g/mol. The van der Waals surface area contributed by atoms with E-state index in [2.05, 4.69) is 25.8 Å². The van der Waals surface area contributed by atoms with Crippen LogP contribution in [0.2, 0.25) is 10.0 Å². The zero-order valence-corrected chi connectivity index (χ0v) is 14.7. The Morgan fingerprint density at radius 1 is 0.833 bits per heavy atom. The predicted molar refractivity (Wildman–Crippen MR) is 98.8 cm³/mol. The number of aryl methyl sites for hydroxylation is 2. The minimum atomic E-state index is 0.373. The molecule has 0 spiro atoms. The lowest BCUT2D eigenvalue weighted by molar-refractivity contribution is 0.982. The fourth-order valence-corrected chi connectivity index (χ4v) is 2.40. The molecule has 1 aromatic heterocycles. The van der Waals surface area contributed by atoms with E-state index in [1.54, 1.807) is 6.20 Å². The smallest absolute Gasteiger partial charge is 0.249 e. The Balaban J connectivity index is 1.78. The number of aromatic nitrogens is 3. The normalized spacial score (nSPS) is 10.5. The molecule has 0 amide bonds. The number of benzene rings is 2. The second kappa shape index (κ2) is 7.03. The fourth-order valence-electron chi connectivity index (χ4n) is 2.03. The van der Waals surface area contributed by atoms with Gasteiger partial charge in [-0.25, -0.2) is 0 Å². The second-order valence-electron chi connectivity index (χ2n) is 5.34. The minimum Gasteiger partial charge on any atom is -0.339 e. The Bertz CT molecular complexity index is 814. The first-order chi connectivity index (χ1) is 11.5. The van der Waals surface area contributed by atoms with Gasteiger partial charge in [0.1, 0.15) is 0 Å². The van der Waals surface area contributed by atoms with Gasteiger partial charge in [-0.2, -0.15) is 10.1 Å². The van der Waals surface area contributed by atoms with E-state index in [9.17, 15) is 0 Å². The summed E-state index contributed by atoms with van der Waals surface area (Å²) in [4.78, 5) is 4.39. The van der Waals surface area contributed by atoms with Crippen molar-refractivity contribution in [1.82, 2.24) is 15.2 Å². The van der Waals surface area contributed by atoms with E-state index in [1.165, 1.54) is 0 Å². The van der Waals surface area contributed by atoms with Gasteiger partial charge in [0.25, 0.3) is 0 Å². The fraction of sp³-hybridized carbons (Fsp3) is 0.118. The van der Waals surface area contributed by atoms with Crippen LogP contribution in [0.1, 0.15) is 11.1 Å². The highest BCUT2D eigenvalue weighted by molar-refractivity contribution is 6.31. The zero-order valence-electron chi connectivity index (χ0n) is 13.1. The van der Waals surface area contributed by atoms with Crippen molar-refractivity contribution in [3.63, 3.8) is 0 Å². The summed E-state index contributed by atoms with van der Waals surface area (Å²) in [5.41, 5.74) is 3.65. The van der Waals surface area contributed by atoms with E-state index in [-0.39, 0.29) is 0 Å². The summed E-state index contributed by atoms with van der Waals surface area (Å²) in [5, 5.41) is 15.5. The molecule has 0 saturated heterocycles. The van der Waals surface area contributed by atoms with Crippen molar-refractivity contribution in [3.8, 4) is 0 Å². The molecule has 7 heteroatoms. The number of halogens is 2. The van der Waals surface area contributed by atoms with Crippen molar-refractivity contribution in [3.05, 3.63) is 63.8 Å². The van der Waals surface area contributed by atoms with Crippen LogP contribution in [-0.4, -0.2) is 15.2 Å². The summed E-state index contributed by atoms with van der Waals surface area (Å²) in [6.45, 7) is 3.90. The number of hydrogen-bond acceptors (Lipinski definition) is 5. The number of rotatable bonds is 4. The molecule has 5 nitrogen and oxygen atoms in total. The van der Waals surface area contributed by atoms with Crippen LogP contribution in [0.5, 0.6) is 0 Å². The van der Waals surface area contributed by atoms with Gasteiger partial charge in [-0.05, 0) is 49.2 Å². The molecule has 0 aliphatic heterocycles. The van der Waals surface area contributed by atoms with Crippen LogP contribution in [0.25, 0.3) is 0 Å². The molecule has 3 rings (SSSR count). The maximum Gasteiger partial charge on any atom is 0.249 e. The number of hydrogen-bond donors (Lipinski definition) is 2. The first kappa shape index (κ1) is 16.5. The topological polar surface area (TPSA) is 62.7 Å². The van der Waals surface area contributed by atoms with Crippen LogP contribution in [0.4, 0.5) is 23.1 Å². The Morgan fingerprint density at radius 2 is 1.42 bits per heavy atom. The van der Waals surface area contributed by atoms with Gasteiger partial charge >= 0.3 is 0 Å². The standard InChI is InChI=1S/C17H15Cl2N5/c1-10-3-5-12(7-14(10)18)21-16-9-20-24-17(23-16)22-13-6-4-11(2)15(19)8-13/h3-9H,1-2H3,(H2,21,22,23,24). The van der Waals surface area contributed by atoms with E-state index in [1.807, 2.05) is 50.2 Å². The van der Waals surface area contributed by atoms with Gasteiger partial charge in [0.2, 0.25) is 5.95 Å². The first-order valence-electron chi connectivity index (χ1n) is 7.27. The summed E-state index contributed by atoms with van der Waals surface area (Å²) in [6.07, 6.45) is 1.54. The molecule has 0 atom stereocenters. The van der Waals surface area contributed by atoms with E-state index < -0.39 is 0 Å². The average Bonchev–Trinajstić information content (AvgIpc) is 2.55. The Morgan fingerprint density at radius 3 is 2.00 bits per heavy atom. The van der Waals surface area contributed by atoms with E-state index in [4.69, 9.17) is 23.2 Å². The van der Waals surface area contributed by atoms with Crippen molar-refractivity contribution in [2.45, 2.75) is 13.8 Å². The molecule has 3 aromatic rings. The molecule has 0 fully saturated rings. The summed E-state index contributed by atoms with van der Waals surface area (Å²) < 4.78 is 0. The van der Waals surface area contributed by atoms with Gasteiger partial charge in [-0.1, -0.05) is 35.3 Å². The van der Waals surface area contributed by atoms with Crippen LogP contribution in [0, 0.1) is 13.8 Å². The van der Waals surface area contributed by atoms with E-state index in [0.29, 0.717) is 21.8 Å². The second-order valence-corrected chi connectivity index (χ2v) is 6.16. The Hall–Kier alpha value is -2.37. The highest BCUT2D eigenvalue weighted by atomic mass is 35.5. The van der Waals surface area contributed by atoms with Crippen LogP contribution >= 0.6 is 23.2 Å². The maximum absolute atomic E-state index is 6.13. The van der Waals surface area contributed by atoms with Crippen LogP contribution in [0.3, 0.4) is 0 Å². The number of nitrogens with zero attached hydrogens (tertiary/aromatic N) is 3. The quantitative estimate of drug-likeness (QED) is 0.663. The molecule has 0 aliphatic carbocycles. The van der Waals surface area contributed by atoms with Crippen molar-refractivity contribution in [2.75, 3.05) is 10.6 Å². The summed E-state index contributed by atoms with van der Waals surface area (Å²) >= 11 is 12.3. The van der Waals surface area contributed by atoms with E-state index in [0.717, 1.165) is 22.5 Å². The molecule has 0 bridgehead atoms. The van der Waals surface area contributed by atoms with Crippen molar-refractivity contribution in [2.24, 2.45) is 0 Å². The van der Waals surface area contributed by atoms with Gasteiger partial charge < -0.3 is 10.6 Å². The van der Waals surface area contributed by atoms with Gasteiger partial charge in [0.05, 0.1) is 6.20 Å². The molecule has 122 valence electrons. The minimum absolute atomic E-state index is 0.373. The van der Waals surface area contributed by atoms with Gasteiger partial charge in [-0.15, -0.1) is 5.10 Å². The van der Waals surface area contributed by atoms with E-state index >= 15 is 0 Å². The lowest BCUT2D eigenvalue weighted by Gasteiger charge is -2.09. The Labute approximate surface area is 150 Å². The molecular weight excluding hydrogens is 345 g/mol. The van der Waals surface area contributed by atoms with Gasteiger partial charge in [0, 0.05) is 21.4 Å². The SMILES string of the molecule is Cc1ccc(Nc2cnnc(Nc3ccc(C)c(Cl)c3)n2)cc1Cl. The largest absolute Gasteiger partial charge is 0.339 e. The lowest BCUT2D eigenvalue weighted by atomic mass is 10.2. The molecule has 0 radical (unpaired) electrons. The summed E-state index contributed by atoms with van der Waals surface area (Å²) in [6, 6.07) is 11.4. The van der Waals surface area contributed by atoms with Gasteiger partial charge in [-0.3, -0.25) is 0 Å². The molecule has 0 aliphatic rings.